The zero-order valence-electron chi connectivity index (χ0n) is 16.3. The molecule has 1 saturated carbocycles. The zero-order chi connectivity index (χ0) is 19.7. The molecule has 0 aromatic heterocycles. The van der Waals surface area contributed by atoms with Gasteiger partial charge in [-0.25, -0.2) is 0 Å². The number of benzene rings is 2. The summed E-state index contributed by atoms with van der Waals surface area (Å²) < 4.78 is 0. The second-order valence-electron chi connectivity index (χ2n) is 8.27. The SMILES string of the molecule is CC1CCC(N2CCN(c3ccc(Cl)cc3Cl)C(c3ccc(Cl)cc3)C2)CC1. The summed E-state index contributed by atoms with van der Waals surface area (Å²) >= 11 is 18.9. The van der Waals surface area contributed by atoms with Gasteiger partial charge in [-0.05, 0) is 67.5 Å². The van der Waals surface area contributed by atoms with Crippen molar-refractivity contribution in [3.05, 3.63) is 63.1 Å². The summed E-state index contributed by atoms with van der Waals surface area (Å²) in [6, 6.07) is 15.0. The molecule has 150 valence electrons. The highest BCUT2D eigenvalue weighted by Gasteiger charge is 2.34. The van der Waals surface area contributed by atoms with E-state index >= 15 is 0 Å². The van der Waals surface area contributed by atoms with Gasteiger partial charge in [0.15, 0.2) is 0 Å². The predicted molar refractivity (Wildman–Crippen MR) is 121 cm³/mol. The number of hydrogen-bond donors (Lipinski definition) is 0. The molecule has 2 aliphatic rings. The van der Waals surface area contributed by atoms with E-state index in [1.165, 1.54) is 31.2 Å². The summed E-state index contributed by atoms with van der Waals surface area (Å²) in [6.07, 6.45) is 5.32. The molecule has 2 aromatic carbocycles. The van der Waals surface area contributed by atoms with Crippen LogP contribution in [-0.2, 0) is 0 Å². The average Bonchev–Trinajstić information content (AvgIpc) is 2.69. The summed E-state index contributed by atoms with van der Waals surface area (Å²) in [5, 5.41) is 2.16. The van der Waals surface area contributed by atoms with Crippen LogP contribution in [0.3, 0.4) is 0 Å². The van der Waals surface area contributed by atoms with Gasteiger partial charge in [0.25, 0.3) is 0 Å². The van der Waals surface area contributed by atoms with E-state index in [2.05, 4.69) is 28.9 Å². The Morgan fingerprint density at radius 2 is 1.50 bits per heavy atom. The number of anilines is 1. The summed E-state index contributed by atoms with van der Waals surface area (Å²) in [6.45, 7) is 5.43. The highest BCUT2D eigenvalue weighted by Crippen LogP contribution is 2.38. The normalized spacial score (nSPS) is 26.4. The number of nitrogens with zero attached hydrogens (tertiary/aromatic N) is 2. The molecule has 0 radical (unpaired) electrons. The first-order chi connectivity index (χ1) is 13.5. The zero-order valence-corrected chi connectivity index (χ0v) is 18.5. The minimum atomic E-state index is 0.254. The molecule has 1 aliphatic carbocycles. The summed E-state index contributed by atoms with van der Waals surface area (Å²) in [7, 11) is 0. The Hall–Kier alpha value is -0.930. The molecule has 1 aliphatic heterocycles. The maximum Gasteiger partial charge on any atom is 0.0670 e. The second kappa shape index (κ2) is 8.83. The lowest BCUT2D eigenvalue weighted by atomic mass is 9.86. The van der Waals surface area contributed by atoms with Crippen molar-refractivity contribution in [3.63, 3.8) is 0 Å². The van der Waals surface area contributed by atoms with Crippen LogP contribution in [0.4, 0.5) is 5.69 Å². The summed E-state index contributed by atoms with van der Waals surface area (Å²) in [4.78, 5) is 5.13. The fourth-order valence-corrected chi connectivity index (χ4v) is 5.36. The molecule has 2 aromatic rings. The van der Waals surface area contributed by atoms with E-state index in [-0.39, 0.29) is 6.04 Å². The molecule has 1 saturated heterocycles. The Morgan fingerprint density at radius 1 is 0.821 bits per heavy atom. The Kier molecular flexibility index (Phi) is 6.42. The standard InChI is InChI=1S/C23H27Cl3N2/c1-16-2-9-20(10-3-16)27-12-13-28(22-11-8-19(25)14-21(22)26)23(15-27)17-4-6-18(24)7-5-17/h4-8,11,14,16,20,23H,2-3,9-10,12-13,15H2,1H3. The molecule has 0 bridgehead atoms. The van der Waals surface area contributed by atoms with Gasteiger partial charge in [0.1, 0.15) is 0 Å². The monoisotopic (exact) mass is 436 g/mol. The van der Waals surface area contributed by atoms with Crippen molar-refractivity contribution in [3.8, 4) is 0 Å². The van der Waals surface area contributed by atoms with Crippen molar-refractivity contribution < 1.29 is 0 Å². The molecule has 2 nitrogen and oxygen atoms in total. The van der Waals surface area contributed by atoms with Crippen molar-refractivity contribution in [1.82, 2.24) is 4.90 Å². The first-order valence-corrected chi connectivity index (χ1v) is 11.4. The summed E-state index contributed by atoms with van der Waals surface area (Å²) in [5.74, 6) is 0.873. The molecule has 1 heterocycles. The van der Waals surface area contributed by atoms with E-state index in [1.807, 2.05) is 30.3 Å². The van der Waals surface area contributed by atoms with Crippen LogP contribution in [0.2, 0.25) is 15.1 Å². The van der Waals surface area contributed by atoms with Crippen molar-refractivity contribution in [2.24, 2.45) is 5.92 Å². The van der Waals surface area contributed by atoms with Crippen molar-refractivity contribution in [1.29, 1.82) is 0 Å². The lowest BCUT2D eigenvalue weighted by Gasteiger charge is -2.47. The van der Waals surface area contributed by atoms with Crippen LogP contribution in [0, 0.1) is 5.92 Å². The van der Waals surface area contributed by atoms with Gasteiger partial charge in [-0.1, -0.05) is 53.9 Å². The second-order valence-corrected chi connectivity index (χ2v) is 9.55. The maximum atomic E-state index is 6.58. The van der Waals surface area contributed by atoms with Gasteiger partial charge in [0.05, 0.1) is 16.8 Å². The first kappa shape index (κ1) is 20.3. The van der Waals surface area contributed by atoms with E-state index in [0.29, 0.717) is 16.1 Å². The third kappa shape index (κ3) is 4.46. The number of rotatable bonds is 3. The van der Waals surface area contributed by atoms with Crippen LogP contribution in [0.5, 0.6) is 0 Å². The van der Waals surface area contributed by atoms with Gasteiger partial charge >= 0.3 is 0 Å². The van der Waals surface area contributed by atoms with Crippen LogP contribution >= 0.6 is 34.8 Å². The lowest BCUT2D eigenvalue weighted by Crippen LogP contribution is -2.52. The van der Waals surface area contributed by atoms with E-state index in [0.717, 1.165) is 36.3 Å². The molecule has 0 N–H and O–H groups in total. The summed E-state index contributed by atoms with van der Waals surface area (Å²) in [5.41, 5.74) is 2.34. The van der Waals surface area contributed by atoms with Crippen LogP contribution < -0.4 is 4.90 Å². The van der Waals surface area contributed by atoms with E-state index in [4.69, 9.17) is 34.8 Å². The van der Waals surface area contributed by atoms with Crippen molar-refractivity contribution in [2.45, 2.75) is 44.7 Å². The largest absolute Gasteiger partial charge is 0.361 e. The minimum absolute atomic E-state index is 0.254. The Labute approximate surface area is 183 Å². The van der Waals surface area contributed by atoms with Crippen LogP contribution in [-0.4, -0.2) is 30.6 Å². The topological polar surface area (TPSA) is 6.48 Å². The third-order valence-electron chi connectivity index (χ3n) is 6.39. The Balaban J connectivity index is 1.62. The van der Waals surface area contributed by atoms with Gasteiger partial charge in [-0.15, -0.1) is 0 Å². The highest BCUT2D eigenvalue weighted by atomic mass is 35.5. The lowest BCUT2D eigenvalue weighted by molar-refractivity contribution is 0.116. The Morgan fingerprint density at radius 3 is 2.18 bits per heavy atom. The molecule has 5 heteroatoms. The molecule has 28 heavy (non-hydrogen) atoms. The third-order valence-corrected chi connectivity index (χ3v) is 7.18. The number of hydrogen-bond acceptors (Lipinski definition) is 2. The highest BCUT2D eigenvalue weighted by molar-refractivity contribution is 6.36. The van der Waals surface area contributed by atoms with Gasteiger partial charge in [0.2, 0.25) is 0 Å². The fraction of sp³-hybridized carbons (Fsp3) is 0.478. The number of halogens is 3. The van der Waals surface area contributed by atoms with Crippen molar-refractivity contribution in [2.75, 3.05) is 24.5 Å². The van der Waals surface area contributed by atoms with E-state index in [9.17, 15) is 0 Å². The van der Waals surface area contributed by atoms with Gasteiger partial charge in [-0.3, -0.25) is 4.90 Å². The minimum Gasteiger partial charge on any atom is -0.361 e. The van der Waals surface area contributed by atoms with Gasteiger partial charge < -0.3 is 4.90 Å². The predicted octanol–water partition coefficient (Wildman–Crippen LogP) is 7.09. The molecular weight excluding hydrogens is 411 g/mol. The fourth-order valence-electron chi connectivity index (χ4n) is 4.72. The quantitative estimate of drug-likeness (QED) is 0.505. The molecule has 0 amide bonds. The maximum absolute atomic E-state index is 6.58. The molecular formula is C23H27Cl3N2. The first-order valence-electron chi connectivity index (χ1n) is 10.2. The Bertz CT molecular complexity index is 800. The molecule has 0 spiro atoms. The van der Waals surface area contributed by atoms with Gasteiger partial charge in [0, 0.05) is 35.7 Å². The van der Waals surface area contributed by atoms with E-state index in [1.54, 1.807) is 0 Å². The molecule has 1 atom stereocenters. The van der Waals surface area contributed by atoms with Gasteiger partial charge in [-0.2, -0.15) is 0 Å². The smallest absolute Gasteiger partial charge is 0.0670 e. The van der Waals surface area contributed by atoms with Crippen LogP contribution in [0.25, 0.3) is 0 Å². The van der Waals surface area contributed by atoms with E-state index < -0.39 is 0 Å². The average molecular weight is 438 g/mol. The van der Waals surface area contributed by atoms with Crippen LogP contribution in [0.1, 0.15) is 44.2 Å². The molecule has 1 unspecified atom stereocenters. The van der Waals surface area contributed by atoms with Crippen LogP contribution in [0.15, 0.2) is 42.5 Å². The van der Waals surface area contributed by atoms with Crippen molar-refractivity contribution >= 4 is 40.5 Å². The number of piperazine rings is 1. The molecule has 4 rings (SSSR count). The molecule has 2 fully saturated rings.